The molecular weight excluding hydrogens is 398 g/mol. The quantitative estimate of drug-likeness (QED) is 0.704. The van der Waals surface area contributed by atoms with Crippen molar-refractivity contribution < 1.29 is 28.2 Å². The van der Waals surface area contributed by atoms with Crippen molar-refractivity contribution in [1.82, 2.24) is 14.7 Å². The highest BCUT2D eigenvalue weighted by atomic mass is 19.3. The summed E-state index contributed by atoms with van der Waals surface area (Å²) in [6, 6.07) is 4.75. The van der Waals surface area contributed by atoms with E-state index < -0.39 is 35.1 Å². The number of likely N-dealkylation sites (tertiary alicyclic amines) is 1. The molecule has 2 aliphatic heterocycles. The van der Waals surface area contributed by atoms with E-state index in [9.17, 15) is 23.5 Å². The van der Waals surface area contributed by atoms with Crippen molar-refractivity contribution in [2.75, 3.05) is 20.2 Å². The molecule has 2 aliphatic rings. The van der Waals surface area contributed by atoms with Crippen LogP contribution in [0, 0.1) is 11.8 Å². The summed E-state index contributed by atoms with van der Waals surface area (Å²) < 4.78 is 34.1. The molecule has 1 aromatic carbocycles. The van der Waals surface area contributed by atoms with Crippen LogP contribution in [0.3, 0.4) is 0 Å². The van der Waals surface area contributed by atoms with E-state index in [4.69, 9.17) is 10.5 Å². The predicted octanol–water partition coefficient (Wildman–Crippen LogP) is 0.788. The fourth-order valence-electron chi connectivity index (χ4n) is 3.60. The number of nitrogens with zero attached hydrogens (tertiary/aromatic N) is 3. The van der Waals surface area contributed by atoms with Crippen molar-refractivity contribution in [2.45, 2.75) is 24.9 Å². The zero-order chi connectivity index (χ0) is 21.6. The number of rotatable bonds is 2. The Bertz CT molecular complexity index is 1120. The van der Waals surface area contributed by atoms with E-state index in [0.717, 1.165) is 0 Å². The van der Waals surface area contributed by atoms with Crippen molar-refractivity contribution in [3.63, 3.8) is 0 Å². The minimum Gasteiger partial charge on any atom is -0.491 e. The van der Waals surface area contributed by atoms with E-state index in [0.29, 0.717) is 23.5 Å². The van der Waals surface area contributed by atoms with Crippen molar-refractivity contribution in [3.8, 4) is 23.3 Å². The molecule has 4 rings (SSSR count). The minimum absolute atomic E-state index is 0.107. The molecule has 0 aliphatic carbocycles. The number of hydrogen-bond donors (Lipinski definition) is 2. The highest BCUT2D eigenvalue weighted by Crippen LogP contribution is 2.34. The second kappa shape index (κ2) is 7.11. The maximum absolute atomic E-state index is 13.6. The Morgan fingerprint density at radius 2 is 2.20 bits per heavy atom. The average molecular weight is 416 g/mol. The number of likely N-dealkylation sites (N-methyl/N-ethyl adjacent to an activating group) is 1. The Morgan fingerprint density at radius 3 is 2.83 bits per heavy atom. The van der Waals surface area contributed by atoms with Gasteiger partial charge in [0.15, 0.2) is 5.69 Å². The van der Waals surface area contributed by atoms with Crippen LogP contribution in [0.2, 0.25) is 0 Å². The molecule has 2 aromatic rings. The number of ether oxygens (including phenoxy) is 1. The van der Waals surface area contributed by atoms with E-state index in [1.165, 1.54) is 15.6 Å². The summed E-state index contributed by atoms with van der Waals surface area (Å²) in [5.74, 6) is 4.21. The number of primary amides is 1. The van der Waals surface area contributed by atoms with Crippen LogP contribution in [-0.2, 0) is 11.2 Å². The number of aliphatic hydroxyl groups is 1. The Labute approximate surface area is 170 Å². The molecule has 30 heavy (non-hydrogen) atoms. The summed E-state index contributed by atoms with van der Waals surface area (Å²) >= 11 is 0. The number of hydrogen-bond acceptors (Lipinski definition) is 5. The molecule has 0 unspecified atom stereocenters. The van der Waals surface area contributed by atoms with Gasteiger partial charge in [-0.05, 0) is 18.2 Å². The van der Waals surface area contributed by atoms with E-state index in [1.807, 2.05) is 0 Å². The van der Waals surface area contributed by atoms with Gasteiger partial charge in [0.05, 0.1) is 17.9 Å². The predicted molar refractivity (Wildman–Crippen MR) is 100 cm³/mol. The second-order valence-corrected chi connectivity index (χ2v) is 7.15. The monoisotopic (exact) mass is 416 g/mol. The normalized spacial score (nSPS) is 20.2. The molecule has 10 heteroatoms. The third-order valence-corrected chi connectivity index (χ3v) is 5.18. The Kier molecular flexibility index (Phi) is 4.70. The van der Waals surface area contributed by atoms with Gasteiger partial charge in [0.25, 0.3) is 18.2 Å². The lowest BCUT2D eigenvalue weighted by atomic mass is 10.0. The molecule has 1 aromatic heterocycles. The van der Waals surface area contributed by atoms with E-state index in [1.54, 1.807) is 19.2 Å². The molecule has 1 fully saturated rings. The number of halogens is 2. The number of carbonyl (C=O) groups is 2. The topological polar surface area (TPSA) is 111 Å². The van der Waals surface area contributed by atoms with Crippen molar-refractivity contribution >= 4 is 11.8 Å². The van der Waals surface area contributed by atoms with Crippen molar-refractivity contribution in [3.05, 3.63) is 40.7 Å². The van der Waals surface area contributed by atoms with Crippen molar-refractivity contribution in [2.24, 2.45) is 5.73 Å². The van der Waals surface area contributed by atoms with Gasteiger partial charge in [-0.25, -0.2) is 13.5 Å². The lowest BCUT2D eigenvalue weighted by molar-refractivity contribution is -0.137. The molecule has 1 saturated heterocycles. The molecule has 156 valence electrons. The molecule has 8 nitrogen and oxygen atoms in total. The molecule has 2 amide bonds. The molecule has 0 spiro atoms. The number of fused-ring (bicyclic) bond motifs is 3. The fourth-order valence-corrected chi connectivity index (χ4v) is 3.60. The summed E-state index contributed by atoms with van der Waals surface area (Å²) in [6.07, 6.45) is -2.64. The van der Waals surface area contributed by atoms with Crippen LogP contribution in [0.25, 0.3) is 5.69 Å². The van der Waals surface area contributed by atoms with Crippen LogP contribution in [0.15, 0.2) is 18.2 Å². The van der Waals surface area contributed by atoms with Crippen molar-refractivity contribution in [1.29, 1.82) is 0 Å². The standard InChI is InChI=1S/C20H18F2N4O4/c1-25-8-7-20(29,19(25)28)6-4-11-2-3-14-13(10-11)26-12(5-9-30-14)15(17(21)22)16(24-26)18(23)27/h2-3,10,17,29H,5,7-9H2,1H3,(H2,23,27)/t20-/m0/s1. The molecule has 3 N–H and O–H groups in total. The summed E-state index contributed by atoms with van der Waals surface area (Å²) in [7, 11) is 1.58. The smallest absolute Gasteiger partial charge is 0.269 e. The van der Waals surface area contributed by atoms with Gasteiger partial charge in [0.1, 0.15) is 11.4 Å². The van der Waals surface area contributed by atoms with Crippen LogP contribution in [0.1, 0.15) is 40.2 Å². The first-order chi connectivity index (χ1) is 14.2. The van der Waals surface area contributed by atoms with Gasteiger partial charge < -0.3 is 20.5 Å². The third-order valence-electron chi connectivity index (χ3n) is 5.18. The minimum atomic E-state index is -2.93. The molecular formula is C20H18F2N4O4. The van der Waals surface area contributed by atoms with Gasteiger partial charge in [-0.15, -0.1) is 0 Å². The number of carbonyl (C=O) groups excluding carboxylic acids is 2. The Hall–Kier alpha value is -3.45. The van der Waals surface area contributed by atoms with Crippen LogP contribution < -0.4 is 10.5 Å². The first-order valence-corrected chi connectivity index (χ1v) is 9.19. The summed E-state index contributed by atoms with van der Waals surface area (Å²) in [5.41, 5.74) is 3.34. The maximum atomic E-state index is 13.6. The number of aromatic nitrogens is 2. The molecule has 0 saturated carbocycles. The number of nitrogens with two attached hydrogens (primary N) is 1. The Balaban J connectivity index is 1.80. The van der Waals surface area contributed by atoms with Crippen LogP contribution in [0.4, 0.5) is 8.78 Å². The van der Waals surface area contributed by atoms with Gasteiger partial charge in [-0.2, -0.15) is 5.10 Å². The second-order valence-electron chi connectivity index (χ2n) is 7.15. The Morgan fingerprint density at radius 1 is 1.43 bits per heavy atom. The zero-order valence-electron chi connectivity index (χ0n) is 16.0. The van der Waals surface area contributed by atoms with Gasteiger partial charge in [0.2, 0.25) is 5.60 Å². The number of alkyl halides is 2. The summed E-state index contributed by atoms with van der Waals surface area (Å²) in [6.45, 7) is 0.507. The number of benzene rings is 1. The molecule has 0 radical (unpaired) electrons. The SMILES string of the molecule is CN1CC[C@@](O)(C#Cc2ccc3c(c2)-n2nc(C(N)=O)c(C(F)F)c2CCO3)C1=O. The summed E-state index contributed by atoms with van der Waals surface area (Å²) in [5, 5.41) is 14.5. The van der Waals surface area contributed by atoms with Crippen LogP contribution in [-0.4, -0.2) is 57.4 Å². The van der Waals surface area contributed by atoms with E-state index in [2.05, 4.69) is 16.9 Å². The molecule has 3 heterocycles. The average Bonchev–Trinajstić information content (AvgIpc) is 3.15. The van der Waals surface area contributed by atoms with Gasteiger partial charge in [0, 0.05) is 32.0 Å². The zero-order valence-corrected chi connectivity index (χ0v) is 16.0. The first-order valence-electron chi connectivity index (χ1n) is 9.19. The largest absolute Gasteiger partial charge is 0.491 e. The van der Waals surface area contributed by atoms with Crippen LogP contribution >= 0.6 is 0 Å². The van der Waals surface area contributed by atoms with Gasteiger partial charge >= 0.3 is 0 Å². The lowest BCUT2D eigenvalue weighted by Gasteiger charge is -2.13. The van der Waals surface area contributed by atoms with Crippen LogP contribution in [0.5, 0.6) is 5.75 Å². The third kappa shape index (κ3) is 3.17. The highest BCUT2D eigenvalue weighted by Gasteiger charge is 2.42. The molecule has 1 atom stereocenters. The number of amides is 2. The van der Waals surface area contributed by atoms with Gasteiger partial charge in [-0.3, -0.25) is 9.59 Å². The highest BCUT2D eigenvalue weighted by molar-refractivity contribution is 5.93. The lowest BCUT2D eigenvalue weighted by Crippen LogP contribution is -2.37. The van der Waals surface area contributed by atoms with E-state index >= 15 is 0 Å². The molecule has 0 bridgehead atoms. The fraction of sp³-hybridized carbons (Fsp3) is 0.350. The summed E-state index contributed by atoms with van der Waals surface area (Å²) in [4.78, 5) is 25.1. The van der Waals surface area contributed by atoms with Gasteiger partial charge in [-0.1, -0.05) is 11.8 Å². The first kappa shape index (κ1) is 19.8. The maximum Gasteiger partial charge on any atom is 0.269 e. The van der Waals surface area contributed by atoms with E-state index in [-0.39, 0.29) is 25.1 Å².